The largest absolute Gasteiger partial charge is 0.481 e. The molecule has 1 aliphatic carbocycles. The van der Waals surface area contributed by atoms with Gasteiger partial charge in [-0.1, -0.05) is 12.8 Å². The van der Waals surface area contributed by atoms with Gasteiger partial charge in [0.25, 0.3) is 0 Å². The normalized spacial score (nSPS) is 18.8. The van der Waals surface area contributed by atoms with Gasteiger partial charge in [0.2, 0.25) is 0 Å². The minimum atomic E-state index is -0.934. The zero-order valence-electron chi connectivity index (χ0n) is 14.9. The van der Waals surface area contributed by atoms with Crippen LogP contribution in [0.2, 0.25) is 0 Å². The third kappa shape index (κ3) is 8.65. The van der Waals surface area contributed by atoms with E-state index in [1.807, 2.05) is 0 Å². The number of carboxylic acid groups (broad SMARTS) is 2. The van der Waals surface area contributed by atoms with E-state index in [1.54, 1.807) is 0 Å². The number of hydrogen-bond donors (Lipinski definition) is 4. The molecule has 1 aliphatic rings. The first kappa shape index (κ1) is 21.9. The van der Waals surface area contributed by atoms with Crippen molar-refractivity contribution < 1.29 is 34.8 Å². The molecule has 0 saturated heterocycles. The van der Waals surface area contributed by atoms with E-state index in [0.717, 1.165) is 25.7 Å². The Labute approximate surface area is 149 Å². The molecule has 1 rings (SSSR count). The monoisotopic (exact) mass is 360 g/mol. The highest BCUT2D eigenvalue weighted by atomic mass is 16.5. The lowest BCUT2D eigenvalue weighted by atomic mass is 9.90. The summed E-state index contributed by atoms with van der Waals surface area (Å²) in [7, 11) is 0. The smallest absolute Gasteiger partial charge is 0.306 e. The molecule has 0 heterocycles. The van der Waals surface area contributed by atoms with Gasteiger partial charge in [-0.05, 0) is 51.4 Å². The molecule has 0 amide bonds. The number of aliphatic hydroxyl groups is 2. The summed E-state index contributed by atoms with van der Waals surface area (Å²) in [6.45, 7) is 0.293. The van der Waals surface area contributed by atoms with Crippen molar-refractivity contribution in [3.8, 4) is 0 Å². The highest BCUT2D eigenvalue weighted by Crippen LogP contribution is 2.37. The molecule has 0 bridgehead atoms. The molecular weight excluding hydrogens is 328 g/mol. The summed E-state index contributed by atoms with van der Waals surface area (Å²) in [6.07, 6.45) is 6.09. The highest BCUT2D eigenvalue weighted by Gasteiger charge is 2.34. The van der Waals surface area contributed by atoms with Crippen LogP contribution in [0.15, 0.2) is 0 Å². The molecule has 7 nitrogen and oxygen atoms in total. The predicted molar refractivity (Wildman–Crippen MR) is 91.3 cm³/mol. The SMILES string of the molecule is O=C(O)CCCC(CCC(O)CCC1(OCCO)CCCC1)C(=O)O. The van der Waals surface area contributed by atoms with Crippen molar-refractivity contribution >= 4 is 11.9 Å². The van der Waals surface area contributed by atoms with Gasteiger partial charge in [0.05, 0.1) is 30.8 Å². The number of carbonyl (C=O) groups is 2. The van der Waals surface area contributed by atoms with E-state index < -0.39 is 24.0 Å². The Morgan fingerprint density at radius 2 is 1.72 bits per heavy atom. The summed E-state index contributed by atoms with van der Waals surface area (Å²) >= 11 is 0. The zero-order valence-corrected chi connectivity index (χ0v) is 14.9. The lowest BCUT2D eigenvalue weighted by Gasteiger charge is -2.30. The van der Waals surface area contributed by atoms with Crippen LogP contribution >= 0.6 is 0 Å². The summed E-state index contributed by atoms with van der Waals surface area (Å²) in [6, 6.07) is 0. The van der Waals surface area contributed by atoms with Crippen LogP contribution in [0.25, 0.3) is 0 Å². The number of carboxylic acids is 2. The van der Waals surface area contributed by atoms with E-state index in [4.69, 9.17) is 14.9 Å². The van der Waals surface area contributed by atoms with Crippen LogP contribution in [0, 0.1) is 5.92 Å². The second-order valence-corrected chi connectivity index (χ2v) is 7.05. The van der Waals surface area contributed by atoms with Gasteiger partial charge in [-0.3, -0.25) is 9.59 Å². The Balaban J connectivity index is 2.34. The van der Waals surface area contributed by atoms with Gasteiger partial charge >= 0.3 is 11.9 Å². The van der Waals surface area contributed by atoms with Crippen molar-refractivity contribution in [1.82, 2.24) is 0 Å². The second kappa shape index (κ2) is 11.4. The topological polar surface area (TPSA) is 124 Å². The fourth-order valence-electron chi connectivity index (χ4n) is 3.61. The lowest BCUT2D eigenvalue weighted by Crippen LogP contribution is -2.31. The predicted octanol–water partition coefficient (Wildman–Crippen LogP) is 2.19. The molecule has 0 aromatic rings. The van der Waals surface area contributed by atoms with Crippen molar-refractivity contribution in [2.24, 2.45) is 5.92 Å². The molecule has 0 aliphatic heterocycles. The van der Waals surface area contributed by atoms with E-state index in [1.165, 1.54) is 0 Å². The number of aliphatic hydroxyl groups excluding tert-OH is 2. The van der Waals surface area contributed by atoms with Crippen LogP contribution in [-0.4, -0.2) is 57.3 Å². The maximum absolute atomic E-state index is 11.3. The van der Waals surface area contributed by atoms with Crippen LogP contribution in [-0.2, 0) is 14.3 Å². The van der Waals surface area contributed by atoms with Gasteiger partial charge in [0.1, 0.15) is 0 Å². The first-order valence-electron chi connectivity index (χ1n) is 9.26. The van der Waals surface area contributed by atoms with E-state index in [0.29, 0.717) is 45.1 Å². The van der Waals surface area contributed by atoms with Crippen LogP contribution in [0.4, 0.5) is 0 Å². The van der Waals surface area contributed by atoms with Crippen molar-refractivity contribution in [3.63, 3.8) is 0 Å². The van der Waals surface area contributed by atoms with E-state index >= 15 is 0 Å². The second-order valence-electron chi connectivity index (χ2n) is 7.05. The van der Waals surface area contributed by atoms with Gasteiger partial charge < -0.3 is 25.2 Å². The minimum absolute atomic E-state index is 0.0130. The molecule has 7 heteroatoms. The Hall–Kier alpha value is -1.18. The van der Waals surface area contributed by atoms with Gasteiger partial charge in [-0.15, -0.1) is 0 Å². The number of rotatable bonds is 14. The molecule has 1 fully saturated rings. The third-order valence-electron chi connectivity index (χ3n) is 5.09. The van der Waals surface area contributed by atoms with Crippen molar-refractivity contribution in [2.45, 2.75) is 82.3 Å². The molecule has 25 heavy (non-hydrogen) atoms. The average Bonchev–Trinajstić information content (AvgIpc) is 3.03. The maximum Gasteiger partial charge on any atom is 0.306 e. The minimum Gasteiger partial charge on any atom is -0.481 e. The van der Waals surface area contributed by atoms with Crippen LogP contribution in [0.1, 0.15) is 70.6 Å². The summed E-state index contributed by atoms with van der Waals surface area (Å²) in [4.78, 5) is 21.8. The molecule has 2 unspecified atom stereocenters. The standard InChI is InChI=1S/C18H32O7/c19-12-13-25-18(9-1-2-10-18)11-8-15(20)7-6-14(17(23)24)4-3-5-16(21)22/h14-15,19-20H,1-13H2,(H,21,22)(H,23,24). The number of ether oxygens (including phenoxy) is 1. The van der Waals surface area contributed by atoms with Crippen LogP contribution in [0.3, 0.4) is 0 Å². The molecule has 0 aromatic carbocycles. The summed E-state index contributed by atoms with van der Waals surface area (Å²) in [5.74, 6) is -2.47. The Morgan fingerprint density at radius 3 is 2.28 bits per heavy atom. The van der Waals surface area contributed by atoms with Gasteiger partial charge in [0, 0.05) is 6.42 Å². The van der Waals surface area contributed by atoms with Crippen LogP contribution in [0.5, 0.6) is 0 Å². The Bertz CT molecular complexity index is 404. The highest BCUT2D eigenvalue weighted by molar-refractivity contribution is 5.70. The Morgan fingerprint density at radius 1 is 1.04 bits per heavy atom. The maximum atomic E-state index is 11.3. The average molecular weight is 360 g/mol. The zero-order chi connectivity index (χ0) is 18.7. The summed E-state index contributed by atoms with van der Waals surface area (Å²) in [5, 5.41) is 37.0. The fraction of sp³-hybridized carbons (Fsp3) is 0.889. The first-order chi connectivity index (χ1) is 11.9. The number of hydrogen-bond acceptors (Lipinski definition) is 5. The molecular formula is C18H32O7. The molecule has 0 aromatic heterocycles. The molecule has 146 valence electrons. The van der Waals surface area contributed by atoms with Crippen LogP contribution < -0.4 is 0 Å². The molecule has 0 radical (unpaired) electrons. The molecule has 4 N–H and O–H groups in total. The van der Waals surface area contributed by atoms with Crippen molar-refractivity contribution in [2.75, 3.05) is 13.2 Å². The summed E-state index contributed by atoms with van der Waals surface area (Å²) in [5.41, 5.74) is -0.253. The Kier molecular flexibility index (Phi) is 10.0. The first-order valence-corrected chi connectivity index (χ1v) is 9.26. The number of aliphatic carboxylic acids is 2. The van der Waals surface area contributed by atoms with E-state index in [9.17, 15) is 19.8 Å². The van der Waals surface area contributed by atoms with E-state index in [2.05, 4.69) is 0 Å². The van der Waals surface area contributed by atoms with Gasteiger partial charge in [0.15, 0.2) is 0 Å². The van der Waals surface area contributed by atoms with E-state index in [-0.39, 0.29) is 18.6 Å². The molecule has 0 spiro atoms. The lowest BCUT2D eigenvalue weighted by molar-refractivity contribution is -0.143. The third-order valence-corrected chi connectivity index (χ3v) is 5.09. The molecule has 2 atom stereocenters. The summed E-state index contributed by atoms with van der Waals surface area (Å²) < 4.78 is 5.82. The fourth-order valence-corrected chi connectivity index (χ4v) is 3.61. The quantitative estimate of drug-likeness (QED) is 0.374. The van der Waals surface area contributed by atoms with Gasteiger partial charge in [-0.2, -0.15) is 0 Å². The van der Waals surface area contributed by atoms with Gasteiger partial charge in [-0.25, -0.2) is 0 Å². The van der Waals surface area contributed by atoms with Crippen molar-refractivity contribution in [1.29, 1.82) is 0 Å². The van der Waals surface area contributed by atoms with Crippen molar-refractivity contribution in [3.05, 3.63) is 0 Å². The molecule has 1 saturated carbocycles.